The first-order chi connectivity index (χ1) is 6.38. The van der Waals surface area contributed by atoms with Crippen molar-refractivity contribution in [3.8, 4) is 0 Å². The fourth-order valence-electron chi connectivity index (χ4n) is 1.13. The number of pyridine rings is 1. The van der Waals surface area contributed by atoms with Crippen LogP contribution in [0.15, 0.2) is 48.6 Å². The molecule has 0 atom stereocenters. The fraction of sp³-hybridized carbons (Fsp3) is 0. The van der Waals surface area contributed by atoms with Gasteiger partial charge in [-0.05, 0) is 23.1 Å². The van der Waals surface area contributed by atoms with Crippen LogP contribution in [-0.2, 0) is 0 Å². The van der Waals surface area contributed by atoms with Gasteiger partial charge in [-0.3, -0.25) is 4.98 Å². The summed E-state index contributed by atoms with van der Waals surface area (Å²) >= 11 is 1.70. The summed E-state index contributed by atoms with van der Waals surface area (Å²) in [4.78, 5) is 5.26. The molecule has 0 radical (unpaired) electrons. The molecule has 0 aliphatic rings. The summed E-state index contributed by atoms with van der Waals surface area (Å²) in [5.41, 5.74) is 2.13. The maximum absolute atomic E-state index is 4.06. The first-order valence-corrected chi connectivity index (χ1v) is 4.89. The summed E-state index contributed by atoms with van der Waals surface area (Å²) in [6, 6.07) is 8.05. The molecule has 1 nitrogen and oxygen atoms in total. The number of aromatic nitrogens is 1. The van der Waals surface area contributed by atoms with Crippen LogP contribution in [0.2, 0.25) is 0 Å². The molecule has 2 aromatic heterocycles. The van der Waals surface area contributed by atoms with Crippen molar-refractivity contribution in [1.29, 1.82) is 0 Å². The van der Waals surface area contributed by atoms with Crippen LogP contribution >= 0.6 is 11.3 Å². The number of hydrogen-bond acceptors (Lipinski definition) is 2. The molecule has 0 aliphatic carbocycles. The maximum atomic E-state index is 4.06. The summed E-state index contributed by atoms with van der Waals surface area (Å²) in [6.07, 6.45) is 3.60. The lowest BCUT2D eigenvalue weighted by Crippen LogP contribution is -1.82. The van der Waals surface area contributed by atoms with Gasteiger partial charge in [-0.15, -0.1) is 11.3 Å². The zero-order valence-electron chi connectivity index (χ0n) is 7.10. The summed E-state index contributed by atoms with van der Waals surface area (Å²) < 4.78 is 0. The molecule has 64 valence electrons. The van der Waals surface area contributed by atoms with Gasteiger partial charge in [-0.2, -0.15) is 0 Å². The lowest BCUT2D eigenvalue weighted by atomic mass is 10.1. The highest BCUT2D eigenvalue weighted by atomic mass is 32.1. The molecule has 0 unspecified atom stereocenters. The molecule has 13 heavy (non-hydrogen) atoms. The van der Waals surface area contributed by atoms with Gasteiger partial charge in [0.25, 0.3) is 0 Å². The Bertz CT molecular complexity index is 389. The molecule has 0 bridgehead atoms. The van der Waals surface area contributed by atoms with Crippen molar-refractivity contribution in [3.05, 3.63) is 59.1 Å². The van der Waals surface area contributed by atoms with Crippen molar-refractivity contribution in [3.63, 3.8) is 0 Å². The average Bonchev–Trinajstić information content (AvgIpc) is 2.71. The molecule has 0 N–H and O–H groups in total. The lowest BCUT2D eigenvalue weighted by molar-refractivity contribution is 1.31. The Morgan fingerprint density at radius 3 is 2.85 bits per heavy atom. The molecule has 2 heterocycles. The van der Waals surface area contributed by atoms with Crippen LogP contribution in [0.25, 0.3) is 5.57 Å². The van der Waals surface area contributed by atoms with Crippen LogP contribution < -0.4 is 0 Å². The van der Waals surface area contributed by atoms with E-state index in [0.29, 0.717) is 0 Å². The van der Waals surface area contributed by atoms with Crippen LogP contribution in [-0.4, -0.2) is 4.98 Å². The largest absolute Gasteiger partial charge is 0.264 e. The topological polar surface area (TPSA) is 12.9 Å². The molecule has 0 spiro atoms. The number of rotatable bonds is 2. The average molecular weight is 187 g/mol. The molecule has 0 fully saturated rings. The molecule has 2 aromatic rings. The SMILES string of the molecule is C=C(c1cccnc1)c1cccs1. The first-order valence-electron chi connectivity index (χ1n) is 4.01. The molecular formula is C11H9NS. The van der Waals surface area contributed by atoms with Crippen molar-refractivity contribution in [2.75, 3.05) is 0 Å². The minimum atomic E-state index is 1.04. The molecule has 0 aliphatic heterocycles. The predicted octanol–water partition coefficient (Wildman–Crippen LogP) is 3.20. The minimum absolute atomic E-state index is 1.04. The second kappa shape index (κ2) is 3.54. The smallest absolute Gasteiger partial charge is 0.0346 e. The minimum Gasteiger partial charge on any atom is -0.264 e. The van der Waals surface area contributed by atoms with Crippen LogP contribution in [0.4, 0.5) is 0 Å². The van der Waals surface area contributed by atoms with E-state index in [1.165, 1.54) is 4.88 Å². The third-order valence-corrected chi connectivity index (χ3v) is 2.76. The van der Waals surface area contributed by atoms with Gasteiger partial charge in [0.15, 0.2) is 0 Å². The number of nitrogens with zero attached hydrogens (tertiary/aromatic N) is 1. The van der Waals surface area contributed by atoms with E-state index in [1.54, 1.807) is 17.5 Å². The van der Waals surface area contributed by atoms with E-state index in [2.05, 4.69) is 23.0 Å². The number of thiophene rings is 1. The molecule has 2 rings (SSSR count). The van der Waals surface area contributed by atoms with Crippen LogP contribution in [0, 0.1) is 0 Å². The van der Waals surface area contributed by atoms with Crippen molar-refractivity contribution in [2.45, 2.75) is 0 Å². The van der Waals surface area contributed by atoms with Crippen molar-refractivity contribution in [2.24, 2.45) is 0 Å². The van der Waals surface area contributed by atoms with E-state index in [4.69, 9.17) is 0 Å². The van der Waals surface area contributed by atoms with Gasteiger partial charge in [-0.1, -0.05) is 18.7 Å². The molecule has 0 saturated carbocycles. The van der Waals surface area contributed by atoms with Crippen LogP contribution in [0.1, 0.15) is 10.4 Å². The summed E-state index contributed by atoms with van der Waals surface area (Å²) in [6.45, 7) is 4.04. The second-order valence-corrected chi connectivity index (χ2v) is 3.65. The third-order valence-electron chi connectivity index (χ3n) is 1.83. The van der Waals surface area contributed by atoms with Crippen LogP contribution in [0.3, 0.4) is 0 Å². The van der Waals surface area contributed by atoms with Crippen LogP contribution in [0.5, 0.6) is 0 Å². The maximum Gasteiger partial charge on any atom is 0.0346 e. The molecule has 2 heteroatoms. The highest BCUT2D eigenvalue weighted by Gasteiger charge is 2.01. The fourth-order valence-corrected chi connectivity index (χ4v) is 1.85. The quantitative estimate of drug-likeness (QED) is 0.703. The Hall–Kier alpha value is -1.41. The molecule has 0 saturated heterocycles. The van der Waals surface area contributed by atoms with E-state index in [0.717, 1.165) is 11.1 Å². The Balaban J connectivity index is 2.34. The van der Waals surface area contributed by atoms with E-state index < -0.39 is 0 Å². The molecule has 0 aromatic carbocycles. The van der Waals surface area contributed by atoms with Gasteiger partial charge in [0, 0.05) is 22.8 Å². The Morgan fingerprint density at radius 2 is 2.23 bits per heavy atom. The zero-order valence-corrected chi connectivity index (χ0v) is 7.92. The summed E-state index contributed by atoms with van der Waals surface area (Å²) in [7, 11) is 0. The van der Waals surface area contributed by atoms with Gasteiger partial charge < -0.3 is 0 Å². The highest BCUT2D eigenvalue weighted by molar-refractivity contribution is 7.11. The monoisotopic (exact) mass is 187 g/mol. The lowest BCUT2D eigenvalue weighted by Gasteiger charge is -2.00. The van der Waals surface area contributed by atoms with Gasteiger partial charge in [0.2, 0.25) is 0 Å². The Kier molecular flexibility index (Phi) is 2.23. The number of hydrogen-bond donors (Lipinski definition) is 0. The standard InChI is InChI=1S/C11H9NS/c1-9(11-5-3-7-13-11)10-4-2-6-12-8-10/h2-8H,1H2. The summed E-state index contributed by atoms with van der Waals surface area (Å²) in [5.74, 6) is 0. The van der Waals surface area contributed by atoms with E-state index in [9.17, 15) is 0 Å². The highest BCUT2D eigenvalue weighted by Crippen LogP contribution is 2.24. The van der Waals surface area contributed by atoms with Crippen molar-refractivity contribution < 1.29 is 0 Å². The van der Waals surface area contributed by atoms with Gasteiger partial charge in [0.05, 0.1) is 0 Å². The third kappa shape index (κ3) is 1.68. The predicted molar refractivity (Wildman–Crippen MR) is 56.7 cm³/mol. The first kappa shape index (κ1) is 8.20. The van der Waals surface area contributed by atoms with E-state index >= 15 is 0 Å². The van der Waals surface area contributed by atoms with Crippen molar-refractivity contribution >= 4 is 16.9 Å². The molecule has 0 amide bonds. The van der Waals surface area contributed by atoms with E-state index in [-0.39, 0.29) is 0 Å². The van der Waals surface area contributed by atoms with E-state index in [1.807, 2.05) is 24.4 Å². The molecular weight excluding hydrogens is 178 g/mol. The Morgan fingerprint density at radius 1 is 1.31 bits per heavy atom. The van der Waals surface area contributed by atoms with Gasteiger partial charge >= 0.3 is 0 Å². The summed E-state index contributed by atoms with van der Waals surface area (Å²) in [5, 5.41) is 2.05. The van der Waals surface area contributed by atoms with Gasteiger partial charge in [-0.25, -0.2) is 0 Å². The second-order valence-electron chi connectivity index (χ2n) is 2.70. The normalized spacial score (nSPS) is 9.85. The Labute approximate surface area is 81.4 Å². The van der Waals surface area contributed by atoms with Crippen molar-refractivity contribution in [1.82, 2.24) is 4.98 Å². The van der Waals surface area contributed by atoms with Gasteiger partial charge in [0.1, 0.15) is 0 Å². The zero-order chi connectivity index (χ0) is 9.10.